The highest BCUT2D eigenvalue weighted by atomic mass is 79.9. The van der Waals surface area contributed by atoms with Crippen molar-refractivity contribution in [2.45, 2.75) is 0 Å². The van der Waals surface area contributed by atoms with Gasteiger partial charge >= 0.3 is 0 Å². The molecule has 1 amide bonds. The van der Waals surface area contributed by atoms with Crippen LogP contribution in [0.25, 0.3) is 0 Å². The lowest BCUT2D eigenvalue weighted by Crippen LogP contribution is -2.12. The number of anilines is 1. The SMILES string of the molecule is O=C(Nc1cccc(Cl)c1Br)c1ccncc1O. The molecule has 2 aromatic rings. The van der Waals surface area contributed by atoms with Gasteiger partial charge in [0.05, 0.1) is 26.9 Å². The lowest BCUT2D eigenvalue weighted by Gasteiger charge is -2.09. The fraction of sp³-hybridized carbons (Fsp3) is 0. The Morgan fingerprint density at radius 2 is 2.17 bits per heavy atom. The molecule has 0 aliphatic heterocycles. The van der Waals surface area contributed by atoms with E-state index >= 15 is 0 Å². The van der Waals surface area contributed by atoms with Gasteiger partial charge in [-0.15, -0.1) is 0 Å². The normalized spacial score (nSPS) is 10.1. The van der Waals surface area contributed by atoms with Crippen molar-refractivity contribution in [2.24, 2.45) is 0 Å². The Hall–Kier alpha value is -1.59. The first-order valence-corrected chi connectivity index (χ1v) is 6.15. The van der Waals surface area contributed by atoms with E-state index in [9.17, 15) is 9.90 Å². The lowest BCUT2D eigenvalue weighted by molar-refractivity contribution is 0.102. The number of carbonyl (C=O) groups is 1. The molecule has 0 unspecified atom stereocenters. The maximum absolute atomic E-state index is 11.9. The molecule has 0 bridgehead atoms. The van der Waals surface area contributed by atoms with Crippen molar-refractivity contribution in [3.63, 3.8) is 0 Å². The summed E-state index contributed by atoms with van der Waals surface area (Å²) in [5.74, 6) is -0.606. The van der Waals surface area contributed by atoms with Crippen molar-refractivity contribution in [2.75, 3.05) is 5.32 Å². The molecule has 0 saturated heterocycles. The Morgan fingerprint density at radius 3 is 2.89 bits per heavy atom. The second kappa shape index (κ2) is 5.37. The van der Waals surface area contributed by atoms with E-state index in [0.29, 0.717) is 15.2 Å². The lowest BCUT2D eigenvalue weighted by atomic mass is 10.2. The van der Waals surface area contributed by atoms with Gasteiger partial charge in [0.25, 0.3) is 5.91 Å². The predicted octanol–water partition coefficient (Wildman–Crippen LogP) is 3.46. The summed E-state index contributed by atoms with van der Waals surface area (Å²) in [4.78, 5) is 15.6. The molecule has 92 valence electrons. The Morgan fingerprint density at radius 1 is 1.39 bits per heavy atom. The van der Waals surface area contributed by atoms with Crippen LogP contribution in [0.1, 0.15) is 10.4 Å². The quantitative estimate of drug-likeness (QED) is 0.888. The Kier molecular flexibility index (Phi) is 3.84. The summed E-state index contributed by atoms with van der Waals surface area (Å²) in [6, 6.07) is 6.55. The van der Waals surface area contributed by atoms with E-state index in [4.69, 9.17) is 11.6 Å². The van der Waals surface area contributed by atoms with Gasteiger partial charge in [-0.05, 0) is 34.1 Å². The fourth-order valence-electron chi connectivity index (χ4n) is 1.37. The van der Waals surface area contributed by atoms with Gasteiger partial charge in [0.15, 0.2) is 0 Å². The molecule has 0 aliphatic rings. The van der Waals surface area contributed by atoms with E-state index in [1.165, 1.54) is 18.5 Å². The molecule has 0 saturated carbocycles. The zero-order valence-corrected chi connectivity index (χ0v) is 11.4. The van der Waals surface area contributed by atoms with Crippen molar-refractivity contribution < 1.29 is 9.90 Å². The van der Waals surface area contributed by atoms with Crippen LogP contribution >= 0.6 is 27.5 Å². The third-order valence-electron chi connectivity index (χ3n) is 2.24. The van der Waals surface area contributed by atoms with E-state index in [-0.39, 0.29) is 11.3 Å². The Balaban J connectivity index is 2.27. The van der Waals surface area contributed by atoms with Crippen molar-refractivity contribution in [1.29, 1.82) is 0 Å². The molecule has 4 nitrogen and oxygen atoms in total. The molecule has 2 N–H and O–H groups in total. The molecule has 1 aromatic heterocycles. The number of nitrogens with one attached hydrogen (secondary N) is 1. The summed E-state index contributed by atoms with van der Waals surface area (Å²) in [6.45, 7) is 0. The van der Waals surface area contributed by atoms with Gasteiger partial charge < -0.3 is 10.4 Å². The molecular formula is C12H8BrClN2O2. The van der Waals surface area contributed by atoms with Crippen LogP contribution in [0.5, 0.6) is 5.75 Å². The van der Waals surface area contributed by atoms with E-state index in [0.717, 1.165) is 0 Å². The largest absolute Gasteiger partial charge is 0.505 e. The zero-order chi connectivity index (χ0) is 13.1. The molecule has 6 heteroatoms. The molecule has 0 aliphatic carbocycles. The number of carbonyl (C=O) groups excluding carboxylic acids is 1. The van der Waals surface area contributed by atoms with Gasteiger partial charge in [-0.3, -0.25) is 9.78 Å². The number of pyridine rings is 1. The summed E-state index contributed by atoms with van der Waals surface area (Å²) in [5.41, 5.74) is 0.681. The predicted molar refractivity (Wildman–Crippen MR) is 73.0 cm³/mol. The topological polar surface area (TPSA) is 62.2 Å². The highest BCUT2D eigenvalue weighted by Gasteiger charge is 2.13. The van der Waals surface area contributed by atoms with Crippen LogP contribution in [0.3, 0.4) is 0 Å². The Bertz CT molecular complexity index is 604. The van der Waals surface area contributed by atoms with Gasteiger partial charge in [-0.25, -0.2) is 0 Å². The molecule has 0 atom stereocenters. The number of benzene rings is 1. The highest BCUT2D eigenvalue weighted by molar-refractivity contribution is 9.10. The summed E-state index contributed by atoms with van der Waals surface area (Å²) < 4.78 is 0.591. The molecule has 1 heterocycles. The average molecular weight is 328 g/mol. The number of hydrogen-bond donors (Lipinski definition) is 2. The molecule has 1 aromatic carbocycles. The van der Waals surface area contributed by atoms with Crippen LogP contribution in [0, 0.1) is 0 Å². The maximum Gasteiger partial charge on any atom is 0.259 e. The molecule has 18 heavy (non-hydrogen) atoms. The van der Waals surface area contributed by atoms with Crippen LogP contribution in [0.15, 0.2) is 41.1 Å². The summed E-state index contributed by atoms with van der Waals surface area (Å²) in [5, 5.41) is 12.7. The first kappa shape index (κ1) is 12.9. The number of rotatable bonds is 2. The van der Waals surface area contributed by atoms with Gasteiger partial charge in [0, 0.05) is 6.20 Å². The van der Waals surface area contributed by atoms with Crippen LogP contribution in [0.4, 0.5) is 5.69 Å². The first-order valence-electron chi connectivity index (χ1n) is 4.98. The smallest absolute Gasteiger partial charge is 0.259 e. The van der Waals surface area contributed by atoms with Gasteiger partial charge in [-0.2, -0.15) is 0 Å². The standard InChI is InChI=1S/C12H8BrClN2O2/c13-11-8(14)2-1-3-9(11)16-12(18)7-4-5-15-6-10(7)17/h1-6,17H,(H,16,18). The highest BCUT2D eigenvalue weighted by Crippen LogP contribution is 2.30. The van der Waals surface area contributed by atoms with Crippen molar-refractivity contribution in [3.05, 3.63) is 51.7 Å². The number of hydrogen-bond acceptors (Lipinski definition) is 3. The van der Waals surface area contributed by atoms with Gasteiger partial charge in [-0.1, -0.05) is 17.7 Å². The van der Waals surface area contributed by atoms with Crippen LogP contribution in [0.2, 0.25) is 5.02 Å². The molecule has 0 spiro atoms. The average Bonchev–Trinajstić information content (AvgIpc) is 2.35. The molecular weight excluding hydrogens is 320 g/mol. The van der Waals surface area contributed by atoms with Gasteiger partial charge in [0.2, 0.25) is 0 Å². The third kappa shape index (κ3) is 2.63. The van der Waals surface area contributed by atoms with Crippen molar-refractivity contribution in [1.82, 2.24) is 4.98 Å². The summed E-state index contributed by atoms with van der Waals surface area (Å²) in [7, 11) is 0. The minimum Gasteiger partial charge on any atom is -0.505 e. The van der Waals surface area contributed by atoms with E-state index < -0.39 is 5.91 Å². The van der Waals surface area contributed by atoms with E-state index in [2.05, 4.69) is 26.2 Å². The van der Waals surface area contributed by atoms with Crippen LogP contribution in [-0.4, -0.2) is 16.0 Å². The summed E-state index contributed by atoms with van der Waals surface area (Å²) in [6.07, 6.45) is 2.64. The molecule has 0 fully saturated rings. The molecule has 2 rings (SSSR count). The van der Waals surface area contributed by atoms with Crippen LogP contribution < -0.4 is 5.32 Å². The second-order valence-electron chi connectivity index (χ2n) is 3.45. The number of aromatic hydroxyl groups is 1. The maximum atomic E-state index is 11.9. The number of halogens is 2. The van der Waals surface area contributed by atoms with Gasteiger partial charge in [0.1, 0.15) is 5.75 Å². The van der Waals surface area contributed by atoms with E-state index in [1.807, 2.05) is 0 Å². The number of aromatic nitrogens is 1. The monoisotopic (exact) mass is 326 g/mol. The fourth-order valence-corrected chi connectivity index (χ4v) is 1.91. The number of nitrogens with zero attached hydrogens (tertiary/aromatic N) is 1. The minimum absolute atomic E-state index is 0.150. The first-order chi connectivity index (χ1) is 8.59. The molecule has 0 radical (unpaired) electrons. The zero-order valence-electron chi connectivity index (χ0n) is 9.02. The second-order valence-corrected chi connectivity index (χ2v) is 4.65. The van der Waals surface area contributed by atoms with Crippen molar-refractivity contribution in [3.8, 4) is 5.75 Å². The van der Waals surface area contributed by atoms with Crippen molar-refractivity contribution >= 4 is 39.1 Å². The Labute approximate surface area is 117 Å². The third-order valence-corrected chi connectivity index (χ3v) is 3.64. The number of amides is 1. The minimum atomic E-state index is -0.433. The van der Waals surface area contributed by atoms with Crippen LogP contribution in [-0.2, 0) is 0 Å². The van der Waals surface area contributed by atoms with E-state index in [1.54, 1.807) is 18.2 Å². The summed E-state index contributed by atoms with van der Waals surface area (Å²) >= 11 is 9.20.